The largest absolute Gasteiger partial charge is 0.472 e. The molecule has 0 bridgehead atoms. The van der Waals surface area contributed by atoms with E-state index < -0.39 is 0 Å². The second kappa shape index (κ2) is 11.9. The van der Waals surface area contributed by atoms with E-state index in [0.29, 0.717) is 24.4 Å². The third-order valence-corrected chi connectivity index (χ3v) is 5.59. The van der Waals surface area contributed by atoms with Crippen LogP contribution in [-0.4, -0.2) is 37.6 Å². The third-order valence-electron chi connectivity index (χ3n) is 5.59. The quantitative estimate of drug-likeness (QED) is 0.236. The predicted octanol–water partition coefficient (Wildman–Crippen LogP) is 5.18. The molecule has 1 atom stereocenters. The van der Waals surface area contributed by atoms with E-state index in [1.54, 1.807) is 19.1 Å². The summed E-state index contributed by atoms with van der Waals surface area (Å²) in [7, 11) is 0. The Hall–Kier alpha value is -3.56. The first-order valence-corrected chi connectivity index (χ1v) is 11.2. The van der Waals surface area contributed by atoms with Gasteiger partial charge in [-0.15, -0.1) is 0 Å². The van der Waals surface area contributed by atoms with E-state index in [-0.39, 0.29) is 12.7 Å². The number of aliphatic imine (C=N–C) groups is 1. The second-order valence-electron chi connectivity index (χ2n) is 7.93. The number of aliphatic hydroxyl groups excluding tert-OH is 1. The van der Waals surface area contributed by atoms with E-state index in [2.05, 4.69) is 41.7 Å². The molecule has 1 N–H and O–H groups in total. The van der Waals surface area contributed by atoms with Crippen LogP contribution in [0, 0.1) is 11.3 Å². The summed E-state index contributed by atoms with van der Waals surface area (Å²) in [4.78, 5) is 6.20. The Labute approximate surface area is 196 Å². The lowest BCUT2D eigenvalue weighted by Crippen LogP contribution is -2.24. The fraction of sp³-hybridized carbons (Fsp3) is 0.333. The Kier molecular flexibility index (Phi) is 8.68. The maximum atomic E-state index is 9.64. The predicted molar refractivity (Wildman–Crippen MR) is 132 cm³/mol. The summed E-state index contributed by atoms with van der Waals surface area (Å²) in [6, 6.07) is 16.1. The summed E-state index contributed by atoms with van der Waals surface area (Å²) in [6.45, 7) is 9.00. The van der Waals surface area contributed by atoms with Crippen molar-refractivity contribution in [2.24, 2.45) is 4.99 Å². The molecule has 0 amide bonds. The van der Waals surface area contributed by atoms with Crippen molar-refractivity contribution < 1.29 is 14.6 Å². The van der Waals surface area contributed by atoms with Gasteiger partial charge in [-0.05, 0) is 68.0 Å². The fourth-order valence-corrected chi connectivity index (χ4v) is 3.85. The summed E-state index contributed by atoms with van der Waals surface area (Å²) in [5.74, 6) is 2.02. The molecule has 6 heteroatoms. The molecule has 6 nitrogen and oxygen atoms in total. The van der Waals surface area contributed by atoms with Gasteiger partial charge < -0.3 is 19.5 Å². The van der Waals surface area contributed by atoms with Gasteiger partial charge in [0.05, 0.1) is 12.6 Å². The Morgan fingerprint density at radius 2 is 2.09 bits per heavy atom. The molecule has 2 aromatic carbocycles. The van der Waals surface area contributed by atoms with Crippen LogP contribution in [0.15, 0.2) is 71.1 Å². The van der Waals surface area contributed by atoms with Crippen LogP contribution in [0.4, 0.5) is 5.69 Å². The van der Waals surface area contributed by atoms with Crippen molar-refractivity contribution in [3.05, 3.63) is 77.2 Å². The molecule has 1 aliphatic heterocycles. The summed E-state index contributed by atoms with van der Waals surface area (Å²) < 4.78 is 12.2. The molecule has 33 heavy (non-hydrogen) atoms. The molecule has 0 saturated carbocycles. The van der Waals surface area contributed by atoms with Gasteiger partial charge in [-0.25, -0.2) is 4.99 Å². The monoisotopic (exact) mass is 445 g/mol. The number of hydrogen-bond donors (Lipinski definition) is 1. The number of nitrogens with zero attached hydrogens (tertiary/aromatic N) is 3. The number of anilines is 1. The number of aliphatic hydroxyl groups is 1. The molecule has 1 fully saturated rings. The van der Waals surface area contributed by atoms with Crippen molar-refractivity contribution in [2.45, 2.75) is 39.2 Å². The van der Waals surface area contributed by atoms with Crippen molar-refractivity contribution in [3.8, 4) is 17.6 Å². The lowest BCUT2D eigenvalue weighted by molar-refractivity contribution is 0.133. The van der Waals surface area contributed by atoms with Crippen LogP contribution in [-0.2, 0) is 17.6 Å². The molecule has 0 radical (unpaired) electrons. The minimum absolute atomic E-state index is 0.0353. The van der Waals surface area contributed by atoms with Crippen molar-refractivity contribution in [1.29, 1.82) is 5.26 Å². The van der Waals surface area contributed by atoms with Gasteiger partial charge in [0, 0.05) is 36.9 Å². The van der Waals surface area contributed by atoms with Crippen LogP contribution in [0.25, 0.3) is 0 Å². The first kappa shape index (κ1) is 24.1. The molecular formula is C27H31N3O3. The van der Waals surface area contributed by atoms with Crippen LogP contribution < -0.4 is 9.64 Å². The SMILES string of the molecule is C=N/C(=C\C=C(/C)C#N)O[C@H]1CCN(c2ccc(Oc3ccccc3CC)cc2CCO)C1. The lowest BCUT2D eigenvalue weighted by atomic mass is 10.1. The summed E-state index contributed by atoms with van der Waals surface area (Å²) >= 11 is 0. The Bertz CT molecular complexity index is 1070. The van der Waals surface area contributed by atoms with E-state index >= 15 is 0 Å². The lowest BCUT2D eigenvalue weighted by Gasteiger charge is -2.23. The van der Waals surface area contributed by atoms with Crippen LogP contribution >= 0.6 is 0 Å². The summed E-state index contributed by atoms with van der Waals surface area (Å²) in [5, 5.41) is 18.5. The maximum Gasteiger partial charge on any atom is 0.212 e. The molecule has 0 aromatic heterocycles. The first-order valence-electron chi connectivity index (χ1n) is 11.2. The highest BCUT2D eigenvalue weighted by Crippen LogP contribution is 2.33. The minimum atomic E-state index is -0.0353. The highest BCUT2D eigenvalue weighted by atomic mass is 16.5. The summed E-state index contributed by atoms with van der Waals surface area (Å²) in [5.41, 5.74) is 3.84. The van der Waals surface area contributed by atoms with E-state index in [9.17, 15) is 5.11 Å². The Balaban J connectivity index is 1.74. The van der Waals surface area contributed by atoms with E-state index in [1.165, 1.54) is 0 Å². The van der Waals surface area contributed by atoms with E-state index in [4.69, 9.17) is 14.7 Å². The zero-order valence-corrected chi connectivity index (χ0v) is 19.3. The zero-order valence-electron chi connectivity index (χ0n) is 19.3. The maximum absolute atomic E-state index is 9.64. The standard InChI is InChI=1S/C27H31N3O3/c1-4-21-7-5-6-8-26(21)32-23-10-11-25(22(17-23)14-16-31)30-15-13-24(19-30)33-27(29-3)12-9-20(2)18-28/h5-12,17,24,31H,3-4,13-16,19H2,1-2H3/b20-9+,27-12+/t24-/m0/s1. The Morgan fingerprint density at radius 3 is 2.82 bits per heavy atom. The molecule has 3 rings (SSSR count). The number of allylic oxidation sites excluding steroid dienone is 3. The number of para-hydroxylation sites is 1. The molecular weight excluding hydrogens is 414 g/mol. The van der Waals surface area contributed by atoms with Gasteiger partial charge >= 0.3 is 0 Å². The number of benzene rings is 2. The molecule has 1 saturated heterocycles. The van der Waals surface area contributed by atoms with Gasteiger partial charge in [0.2, 0.25) is 5.88 Å². The third kappa shape index (κ3) is 6.47. The van der Waals surface area contributed by atoms with Crippen molar-refractivity contribution in [2.75, 3.05) is 24.6 Å². The topological polar surface area (TPSA) is 78.1 Å². The number of rotatable bonds is 10. The van der Waals surface area contributed by atoms with Gasteiger partial charge in [0.1, 0.15) is 17.6 Å². The van der Waals surface area contributed by atoms with Crippen molar-refractivity contribution in [1.82, 2.24) is 0 Å². The van der Waals surface area contributed by atoms with Crippen LogP contribution in [0.1, 0.15) is 31.4 Å². The van der Waals surface area contributed by atoms with Gasteiger partial charge in [-0.1, -0.05) is 25.1 Å². The molecule has 0 unspecified atom stereocenters. The van der Waals surface area contributed by atoms with Crippen LogP contribution in [0.2, 0.25) is 0 Å². The van der Waals surface area contributed by atoms with E-state index in [0.717, 1.165) is 47.7 Å². The molecule has 0 aliphatic carbocycles. The van der Waals surface area contributed by atoms with E-state index in [1.807, 2.05) is 30.3 Å². The summed E-state index contributed by atoms with van der Waals surface area (Å²) in [6.07, 6.45) is 5.59. The molecule has 2 aromatic rings. The number of hydrogen-bond acceptors (Lipinski definition) is 6. The number of ether oxygens (including phenoxy) is 2. The van der Waals surface area contributed by atoms with Gasteiger partial charge in [-0.3, -0.25) is 0 Å². The highest BCUT2D eigenvalue weighted by Gasteiger charge is 2.26. The normalized spacial score (nSPS) is 16.4. The Morgan fingerprint density at radius 1 is 1.27 bits per heavy atom. The number of nitriles is 1. The average molecular weight is 446 g/mol. The van der Waals surface area contributed by atoms with Crippen LogP contribution in [0.5, 0.6) is 11.5 Å². The fourth-order valence-electron chi connectivity index (χ4n) is 3.85. The van der Waals surface area contributed by atoms with Gasteiger partial charge in [0.25, 0.3) is 0 Å². The van der Waals surface area contributed by atoms with Crippen LogP contribution in [0.3, 0.4) is 0 Å². The zero-order chi connectivity index (χ0) is 23.6. The van der Waals surface area contributed by atoms with Crippen molar-refractivity contribution in [3.63, 3.8) is 0 Å². The molecule has 172 valence electrons. The van der Waals surface area contributed by atoms with Gasteiger partial charge in [0.15, 0.2) is 0 Å². The average Bonchev–Trinajstić information content (AvgIpc) is 3.30. The number of aryl methyl sites for hydroxylation is 1. The molecule has 1 aliphatic rings. The van der Waals surface area contributed by atoms with Crippen molar-refractivity contribution >= 4 is 12.4 Å². The molecule has 1 heterocycles. The second-order valence-corrected chi connectivity index (χ2v) is 7.93. The minimum Gasteiger partial charge on any atom is -0.472 e. The van der Waals surface area contributed by atoms with Gasteiger partial charge in [-0.2, -0.15) is 5.26 Å². The molecule has 0 spiro atoms. The highest BCUT2D eigenvalue weighted by molar-refractivity contribution is 5.58. The first-order chi connectivity index (χ1) is 16.1. The smallest absolute Gasteiger partial charge is 0.212 e.